The van der Waals surface area contributed by atoms with Crippen molar-refractivity contribution in [3.63, 3.8) is 0 Å². The molecule has 2 unspecified atom stereocenters. The predicted molar refractivity (Wildman–Crippen MR) is 110 cm³/mol. The van der Waals surface area contributed by atoms with E-state index in [-0.39, 0.29) is 30.3 Å². The van der Waals surface area contributed by atoms with Crippen molar-refractivity contribution in [3.8, 4) is 0 Å². The van der Waals surface area contributed by atoms with Crippen LogP contribution in [0.25, 0.3) is 0 Å². The molecule has 7 nitrogen and oxygen atoms in total. The van der Waals surface area contributed by atoms with E-state index in [1.807, 2.05) is 20.8 Å². The average molecular weight is 408 g/mol. The molecule has 1 aliphatic carbocycles. The largest absolute Gasteiger partial charge is 0.472 e. The Kier molecular flexibility index (Phi) is 6.54. The molecule has 152 valence electrons. The maximum atomic E-state index is 12.8. The summed E-state index contributed by atoms with van der Waals surface area (Å²) >= 11 is 0. The van der Waals surface area contributed by atoms with Crippen LogP contribution < -0.4 is 16.4 Å². The first-order valence-corrected chi connectivity index (χ1v) is 8.93. The Balaban J connectivity index is 0.00000280. The fourth-order valence-corrected chi connectivity index (χ4v) is 3.33. The molecule has 2 atom stereocenters. The van der Waals surface area contributed by atoms with Crippen molar-refractivity contribution in [1.29, 1.82) is 0 Å². The topological polar surface area (TPSA) is 107 Å². The minimum atomic E-state index is -1.01. The highest BCUT2D eigenvalue weighted by Gasteiger charge is 2.62. The second-order valence-electron chi connectivity index (χ2n) is 7.34. The van der Waals surface area contributed by atoms with Gasteiger partial charge in [-0.2, -0.15) is 0 Å². The van der Waals surface area contributed by atoms with Crippen molar-refractivity contribution in [2.24, 2.45) is 11.1 Å². The lowest BCUT2D eigenvalue weighted by Gasteiger charge is -2.57. The van der Waals surface area contributed by atoms with Crippen molar-refractivity contribution >= 4 is 35.6 Å². The number of carbonyl (C=O) groups is 2. The van der Waals surface area contributed by atoms with Crippen LogP contribution in [0.15, 0.2) is 47.3 Å². The van der Waals surface area contributed by atoms with Crippen molar-refractivity contribution < 1.29 is 18.7 Å². The highest BCUT2D eigenvalue weighted by molar-refractivity contribution is 6.05. The highest BCUT2D eigenvalue weighted by atomic mass is 35.5. The fraction of sp³-hybridized carbons (Fsp3) is 0.400. The summed E-state index contributed by atoms with van der Waals surface area (Å²) in [7, 11) is 0. The van der Waals surface area contributed by atoms with Crippen LogP contribution in [0.5, 0.6) is 0 Å². The molecule has 4 N–H and O–H groups in total. The molecule has 0 saturated heterocycles. The van der Waals surface area contributed by atoms with Gasteiger partial charge in [0.05, 0.1) is 17.9 Å². The molecule has 0 radical (unpaired) electrons. The monoisotopic (exact) mass is 407 g/mol. The first-order valence-electron chi connectivity index (χ1n) is 8.93. The second-order valence-corrected chi connectivity index (χ2v) is 7.34. The lowest BCUT2D eigenvalue weighted by molar-refractivity contribution is -0.166. The fourth-order valence-electron chi connectivity index (χ4n) is 3.33. The Bertz CT molecular complexity index is 838. The summed E-state index contributed by atoms with van der Waals surface area (Å²) in [6.45, 7) is 6.40. The van der Waals surface area contributed by atoms with E-state index in [1.165, 1.54) is 12.5 Å². The van der Waals surface area contributed by atoms with Crippen LogP contribution in [-0.2, 0) is 9.53 Å². The van der Waals surface area contributed by atoms with Crippen molar-refractivity contribution in [3.05, 3.63) is 48.4 Å². The Morgan fingerprint density at radius 3 is 2.50 bits per heavy atom. The van der Waals surface area contributed by atoms with Crippen molar-refractivity contribution in [1.82, 2.24) is 0 Å². The van der Waals surface area contributed by atoms with Gasteiger partial charge in [0.25, 0.3) is 5.91 Å². The number of furan rings is 1. The molecule has 2 amide bonds. The Labute approximate surface area is 170 Å². The minimum absolute atomic E-state index is 0. The van der Waals surface area contributed by atoms with Gasteiger partial charge in [0, 0.05) is 29.8 Å². The molecule has 8 heteroatoms. The molecule has 0 aliphatic heterocycles. The van der Waals surface area contributed by atoms with Gasteiger partial charge in [0.1, 0.15) is 11.8 Å². The van der Waals surface area contributed by atoms with Crippen LogP contribution in [0.1, 0.15) is 37.6 Å². The van der Waals surface area contributed by atoms with E-state index in [4.69, 9.17) is 14.9 Å². The van der Waals surface area contributed by atoms with E-state index in [0.29, 0.717) is 30.0 Å². The van der Waals surface area contributed by atoms with Gasteiger partial charge in [0.15, 0.2) is 0 Å². The van der Waals surface area contributed by atoms with Crippen LogP contribution in [-0.4, -0.2) is 30.1 Å². The van der Waals surface area contributed by atoms with Gasteiger partial charge in [-0.1, -0.05) is 19.9 Å². The number of carbonyl (C=O) groups excluding carboxylic acids is 2. The molecule has 1 heterocycles. The van der Waals surface area contributed by atoms with E-state index in [9.17, 15) is 9.59 Å². The Morgan fingerprint density at radius 1 is 1.25 bits per heavy atom. The van der Waals surface area contributed by atoms with Gasteiger partial charge in [0.2, 0.25) is 5.91 Å². The number of anilines is 2. The van der Waals surface area contributed by atoms with E-state index in [0.717, 1.165) is 0 Å². The summed E-state index contributed by atoms with van der Waals surface area (Å²) in [5.74, 6) is -0.552. The van der Waals surface area contributed by atoms with E-state index >= 15 is 0 Å². The van der Waals surface area contributed by atoms with Crippen LogP contribution in [0, 0.1) is 5.41 Å². The normalized spacial score (nSPS) is 22.5. The Hall–Kier alpha value is -2.35. The molecule has 1 aromatic carbocycles. The number of ether oxygens (including phenoxy) is 1. The molecule has 0 bridgehead atoms. The number of rotatable bonds is 6. The maximum absolute atomic E-state index is 12.8. The molecule has 3 rings (SSSR count). The van der Waals surface area contributed by atoms with Crippen LogP contribution >= 0.6 is 12.4 Å². The lowest BCUT2D eigenvalue weighted by Crippen LogP contribution is -2.74. The summed E-state index contributed by atoms with van der Waals surface area (Å²) in [5.41, 5.74) is 6.46. The average Bonchev–Trinajstić information content (AvgIpc) is 3.16. The Morgan fingerprint density at radius 2 is 1.93 bits per heavy atom. The van der Waals surface area contributed by atoms with E-state index in [1.54, 1.807) is 30.3 Å². The zero-order valence-corrected chi connectivity index (χ0v) is 17.0. The summed E-state index contributed by atoms with van der Waals surface area (Å²) in [6, 6.07) is 8.50. The summed E-state index contributed by atoms with van der Waals surface area (Å²) in [5, 5.41) is 5.62. The molecule has 1 aromatic heterocycles. The summed E-state index contributed by atoms with van der Waals surface area (Å²) in [4.78, 5) is 24.9. The van der Waals surface area contributed by atoms with Gasteiger partial charge in [-0.15, -0.1) is 12.4 Å². The summed E-state index contributed by atoms with van der Waals surface area (Å²) < 4.78 is 10.6. The lowest BCUT2D eigenvalue weighted by atomic mass is 9.54. The first-order chi connectivity index (χ1) is 12.8. The van der Waals surface area contributed by atoms with E-state index in [2.05, 4.69) is 10.6 Å². The number of hydrogen-bond donors (Lipinski definition) is 3. The number of nitrogens with two attached hydrogens (primary N) is 1. The molecule has 1 aliphatic rings. The third-order valence-corrected chi connectivity index (χ3v) is 5.40. The zero-order valence-electron chi connectivity index (χ0n) is 16.2. The zero-order chi connectivity index (χ0) is 19.7. The third-order valence-electron chi connectivity index (χ3n) is 5.40. The van der Waals surface area contributed by atoms with Gasteiger partial charge in [-0.05, 0) is 31.2 Å². The van der Waals surface area contributed by atoms with Crippen molar-refractivity contribution in [2.45, 2.75) is 38.8 Å². The SMILES string of the molecule is CCOC1CC(N)(C(=O)Nc2cccc(NC(=O)c3ccoc3)c2)C1(C)C.Cl. The van der Waals surface area contributed by atoms with Crippen LogP contribution in [0.3, 0.4) is 0 Å². The number of benzene rings is 1. The predicted octanol–water partition coefficient (Wildman–Crippen LogP) is 3.42. The third kappa shape index (κ3) is 3.92. The first kappa shape index (κ1) is 21.9. The molecule has 2 aromatic rings. The van der Waals surface area contributed by atoms with Crippen LogP contribution in [0.4, 0.5) is 11.4 Å². The van der Waals surface area contributed by atoms with Crippen LogP contribution in [0.2, 0.25) is 0 Å². The molecule has 1 fully saturated rings. The number of nitrogens with one attached hydrogen (secondary N) is 2. The van der Waals surface area contributed by atoms with Gasteiger partial charge in [-0.3, -0.25) is 9.59 Å². The highest BCUT2D eigenvalue weighted by Crippen LogP contribution is 2.50. The minimum Gasteiger partial charge on any atom is -0.472 e. The molecule has 28 heavy (non-hydrogen) atoms. The second kappa shape index (κ2) is 8.34. The van der Waals surface area contributed by atoms with Gasteiger partial charge < -0.3 is 25.5 Å². The van der Waals surface area contributed by atoms with Gasteiger partial charge >= 0.3 is 0 Å². The molecular formula is C20H26ClN3O4. The standard InChI is InChI=1S/C20H25N3O4.ClH/c1-4-27-16-11-20(21,19(16,2)3)18(25)23-15-7-5-6-14(10-15)22-17(24)13-8-9-26-12-13;/h5-10,12,16H,4,11,21H2,1-3H3,(H,22,24)(H,23,25);1H. The van der Waals surface area contributed by atoms with Crippen molar-refractivity contribution in [2.75, 3.05) is 17.2 Å². The maximum Gasteiger partial charge on any atom is 0.258 e. The smallest absolute Gasteiger partial charge is 0.258 e. The number of amides is 2. The molecular weight excluding hydrogens is 382 g/mol. The summed E-state index contributed by atoms with van der Waals surface area (Å²) in [6.07, 6.45) is 3.23. The number of halogens is 1. The quantitative estimate of drug-likeness (QED) is 0.680. The molecule has 1 saturated carbocycles. The molecule has 0 spiro atoms. The van der Waals surface area contributed by atoms with Gasteiger partial charge in [-0.25, -0.2) is 0 Å². The van der Waals surface area contributed by atoms with E-state index < -0.39 is 11.0 Å². The number of hydrogen-bond acceptors (Lipinski definition) is 5.